The van der Waals surface area contributed by atoms with Crippen molar-refractivity contribution in [2.75, 3.05) is 0 Å². The fraction of sp³-hybridized carbons (Fsp3) is 0.412. The largest absolute Gasteiger partial charge is 0.126 e. The normalized spacial score (nSPS) is 15.7. The fourth-order valence-corrected chi connectivity index (χ4v) is 5.27. The van der Waals surface area contributed by atoms with Gasteiger partial charge in [0.05, 0.1) is 4.24 Å². The second-order valence-electron chi connectivity index (χ2n) is 3.97. The van der Waals surface area contributed by atoms with Gasteiger partial charge in [0.1, 0.15) is 0 Å². The van der Waals surface area contributed by atoms with Crippen LogP contribution in [0.2, 0.25) is 0 Å². The van der Waals surface area contributed by atoms with Gasteiger partial charge in [0.2, 0.25) is 0 Å². The molecule has 0 saturated heterocycles. The topological polar surface area (TPSA) is 0 Å². The van der Waals surface area contributed by atoms with Gasteiger partial charge in [-0.05, 0) is 55.7 Å². The van der Waals surface area contributed by atoms with Crippen LogP contribution in [-0.4, -0.2) is 5.25 Å². The molecule has 0 aliphatic rings. The number of hydrogen-bond donors (Lipinski definition) is 0. The van der Waals surface area contributed by atoms with E-state index in [0.717, 1.165) is 6.42 Å². The molecule has 0 N–H and O–H groups in total. The van der Waals surface area contributed by atoms with Gasteiger partial charge in [-0.25, -0.2) is 0 Å². The number of rotatable bonds is 10. The van der Waals surface area contributed by atoms with Crippen molar-refractivity contribution in [2.24, 2.45) is 0 Å². The molecule has 0 heterocycles. The van der Waals surface area contributed by atoms with Crippen LogP contribution in [0.15, 0.2) is 55.1 Å². The predicted octanol–water partition coefficient (Wildman–Crippen LogP) is 8.00. The van der Waals surface area contributed by atoms with Crippen LogP contribution in [0.5, 0.6) is 0 Å². The third kappa shape index (κ3) is 10.5. The minimum atomic E-state index is 0.456. The third-order valence-electron chi connectivity index (χ3n) is 2.14. The number of allylic oxidation sites excluding steroid dienone is 4. The zero-order valence-electron chi connectivity index (χ0n) is 13.5. The highest BCUT2D eigenvalue weighted by Gasteiger charge is 2.14. The monoisotopic (exact) mass is 358 g/mol. The quantitative estimate of drug-likeness (QED) is 0.387. The average Bonchev–Trinajstić information content (AvgIpc) is 2.50. The lowest BCUT2D eigenvalue weighted by atomic mass is 10.5. The van der Waals surface area contributed by atoms with Gasteiger partial charge in [-0.1, -0.05) is 66.5 Å². The maximum Gasteiger partial charge on any atom is 0.0596 e. The predicted molar refractivity (Wildman–Crippen MR) is 111 cm³/mol. The van der Waals surface area contributed by atoms with E-state index >= 15 is 0 Å². The zero-order valence-corrected chi connectivity index (χ0v) is 16.8. The summed E-state index contributed by atoms with van der Waals surface area (Å²) < 4.78 is 1.37. The molecule has 0 bridgehead atoms. The van der Waals surface area contributed by atoms with Gasteiger partial charge in [0, 0.05) is 10.2 Å². The molecule has 0 aromatic carbocycles. The van der Waals surface area contributed by atoms with Crippen molar-refractivity contribution >= 4 is 47.0 Å². The fourth-order valence-electron chi connectivity index (χ4n) is 1.19. The molecule has 0 nitrogen and oxygen atoms in total. The molecule has 1 unspecified atom stereocenters. The highest BCUT2D eigenvalue weighted by atomic mass is 32.2. The van der Waals surface area contributed by atoms with Gasteiger partial charge in [0.15, 0.2) is 0 Å². The van der Waals surface area contributed by atoms with Crippen molar-refractivity contribution in [1.82, 2.24) is 0 Å². The lowest BCUT2D eigenvalue weighted by Gasteiger charge is -2.16. The Morgan fingerprint density at radius 1 is 0.857 bits per heavy atom. The van der Waals surface area contributed by atoms with Crippen LogP contribution in [0.25, 0.3) is 0 Å². The van der Waals surface area contributed by atoms with E-state index in [1.165, 1.54) is 9.14 Å². The minimum absolute atomic E-state index is 0.456. The molecule has 4 heteroatoms. The van der Waals surface area contributed by atoms with Crippen LogP contribution >= 0.6 is 47.0 Å². The van der Waals surface area contributed by atoms with Crippen molar-refractivity contribution in [2.45, 2.75) is 46.3 Å². The first-order chi connectivity index (χ1) is 10.2. The van der Waals surface area contributed by atoms with Crippen LogP contribution in [0.4, 0.5) is 0 Å². The van der Waals surface area contributed by atoms with Crippen LogP contribution in [-0.2, 0) is 0 Å². The first-order valence-electron chi connectivity index (χ1n) is 7.09. The summed E-state index contributed by atoms with van der Waals surface area (Å²) in [4.78, 5) is 1.42. The summed E-state index contributed by atoms with van der Waals surface area (Å²) in [5.74, 6) is 0. The highest BCUT2D eigenvalue weighted by Crippen LogP contribution is 2.42. The van der Waals surface area contributed by atoms with Gasteiger partial charge in [-0.15, -0.1) is 11.8 Å². The summed E-state index contributed by atoms with van der Waals surface area (Å²) >= 11 is 7.34. The average molecular weight is 359 g/mol. The Morgan fingerprint density at radius 3 is 2.00 bits per heavy atom. The molecular weight excluding hydrogens is 332 g/mol. The summed E-state index contributed by atoms with van der Waals surface area (Å²) in [6.07, 6.45) is 9.58. The Labute approximate surface area is 148 Å². The summed E-state index contributed by atoms with van der Waals surface area (Å²) in [6, 6.07) is 0. The summed E-state index contributed by atoms with van der Waals surface area (Å²) in [5, 5.41) is 9.16. The van der Waals surface area contributed by atoms with E-state index < -0.39 is 0 Å². The minimum Gasteiger partial charge on any atom is -0.126 e. The molecule has 0 amide bonds. The van der Waals surface area contributed by atoms with Crippen molar-refractivity contribution in [1.29, 1.82) is 0 Å². The van der Waals surface area contributed by atoms with Gasteiger partial charge < -0.3 is 0 Å². The highest BCUT2D eigenvalue weighted by molar-refractivity contribution is 8.25. The molecule has 118 valence electrons. The molecule has 0 aromatic heterocycles. The van der Waals surface area contributed by atoms with Gasteiger partial charge in [-0.2, -0.15) is 0 Å². The Morgan fingerprint density at radius 2 is 1.43 bits per heavy atom. The van der Waals surface area contributed by atoms with E-state index in [2.05, 4.69) is 80.6 Å². The Hall–Kier alpha value is 0.1000. The molecule has 0 radical (unpaired) electrons. The number of thioether (sulfide) groups is 4. The van der Waals surface area contributed by atoms with E-state index in [1.54, 1.807) is 0 Å². The van der Waals surface area contributed by atoms with Gasteiger partial charge >= 0.3 is 0 Å². The standard InChI is InChI=1S/C17H26S4/c1-6-10-14-21-17(20-13-9-4)16(19-12-8-3)15(5)18-11-7-2/h7-15H,6H2,1-5H3. The lowest BCUT2D eigenvalue weighted by Crippen LogP contribution is -1.98. The van der Waals surface area contributed by atoms with E-state index in [9.17, 15) is 0 Å². The van der Waals surface area contributed by atoms with Crippen molar-refractivity contribution in [3.8, 4) is 0 Å². The first-order valence-corrected chi connectivity index (χ1v) is 10.7. The molecular formula is C17H26S4. The SMILES string of the molecule is CC=CSC(SC=CCC)=C(SC=CC)C(C)SC=CC. The Bertz CT molecular complexity index is 403. The molecule has 0 aliphatic carbocycles. The summed E-state index contributed by atoms with van der Waals surface area (Å²) in [5.41, 5.74) is 0. The lowest BCUT2D eigenvalue weighted by molar-refractivity contribution is 1.23. The molecule has 1 atom stereocenters. The Kier molecular flexibility index (Phi) is 15.1. The maximum atomic E-state index is 2.27. The second-order valence-corrected chi connectivity index (χ2v) is 8.26. The molecule has 0 saturated carbocycles. The van der Waals surface area contributed by atoms with E-state index in [4.69, 9.17) is 0 Å². The number of hydrogen-bond acceptors (Lipinski definition) is 4. The van der Waals surface area contributed by atoms with Crippen LogP contribution in [0.3, 0.4) is 0 Å². The molecule has 21 heavy (non-hydrogen) atoms. The molecule has 0 rings (SSSR count). The smallest absolute Gasteiger partial charge is 0.0596 e. The Balaban J connectivity index is 5.34. The van der Waals surface area contributed by atoms with Gasteiger partial charge in [0.25, 0.3) is 0 Å². The van der Waals surface area contributed by atoms with E-state index in [0.29, 0.717) is 5.25 Å². The van der Waals surface area contributed by atoms with Crippen LogP contribution < -0.4 is 0 Å². The van der Waals surface area contributed by atoms with E-state index in [1.807, 2.05) is 47.0 Å². The third-order valence-corrected chi connectivity index (χ3v) is 7.02. The van der Waals surface area contributed by atoms with Crippen LogP contribution in [0.1, 0.15) is 41.0 Å². The van der Waals surface area contributed by atoms with Crippen molar-refractivity contribution in [3.05, 3.63) is 55.1 Å². The summed E-state index contributed by atoms with van der Waals surface area (Å²) in [7, 11) is 0. The van der Waals surface area contributed by atoms with Crippen molar-refractivity contribution in [3.63, 3.8) is 0 Å². The molecule has 0 aromatic rings. The van der Waals surface area contributed by atoms with Gasteiger partial charge in [-0.3, -0.25) is 0 Å². The molecule has 0 aliphatic heterocycles. The molecule has 0 spiro atoms. The van der Waals surface area contributed by atoms with E-state index in [-0.39, 0.29) is 0 Å². The summed E-state index contributed by atoms with van der Waals surface area (Å²) in [6.45, 7) is 10.6. The molecule has 0 fully saturated rings. The maximum absolute atomic E-state index is 2.27. The van der Waals surface area contributed by atoms with Crippen LogP contribution in [0, 0.1) is 0 Å². The second kappa shape index (κ2) is 15.0. The first kappa shape index (κ1) is 21.1. The zero-order chi connectivity index (χ0) is 15.9. The van der Waals surface area contributed by atoms with Crippen molar-refractivity contribution < 1.29 is 0 Å².